The first-order valence-electron chi connectivity index (χ1n) is 12.2. The second-order valence-electron chi connectivity index (χ2n) is 9.17. The van der Waals surface area contributed by atoms with Crippen LogP contribution in [0.25, 0.3) is 5.76 Å². The normalized spacial score (nSPS) is 16.7. The van der Waals surface area contributed by atoms with Crippen LogP contribution < -0.4 is 14.2 Å². The van der Waals surface area contributed by atoms with E-state index in [0.29, 0.717) is 34.8 Å². The van der Waals surface area contributed by atoms with Crippen molar-refractivity contribution in [2.45, 2.75) is 32.4 Å². The molecule has 0 radical (unpaired) electrons. The maximum Gasteiger partial charge on any atom is 0.295 e. The van der Waals surface area contributed by atoms with Gasteiger partial charge in [-0.3, -0.25) is 9.59 Å². The monoisotopic (exact) mass is 519 g/mol. The van der Waals surface area contributed by atoms with Gasteiger partial charge in [-0.05, 0) is 79.9 Å². The molecule has 1 aliphatic heterocycles. The standard InChI is InChI=1S/C30H30FNO6/c1-18(2)38-23-12-7-20(8-13-23)28(33)26-27(21-9-14-24(36-3)25(17-21)37-4)32(30(35)29(26)34)16-15-19-5-10-22(31)11-6-19/h5-14,17-18,27,33H,15-16H2,1-4H3/b28-26-. The molecule has 7 nitrogen and oxygen atoms in total. The van der Waals surface area contributed by atoms with Crippen LogP contribution in [0, 0.1) is 5.82 Å². The third-order valence-corrected chi connectivity index (χ3v) is 6.32. The Morgan fingerprint density at radius 3 is 2.21 bits per heavy atom. The summed E-state index contributed by atoms with van der Waals surface area (Å²) < 4.78 is 29.8. The molecule has 0 bridgehead atoms. The molecule has 1 saturated heterocycles. The number of carbonyl (C=O) groups is 2. The Morgan fingerprint density at radius 1 is 0.947 bits per heavy atom. The lowest BCUT2D eigenvalue weighted by atomic mass is 9.94. The number of hydrogen-bond acceptors (Lipinski definition) is 6. The molecule has 1 heterocycles. The molecule has 1 atom stereocenters. The zero-order chi connectivity index (χ0) is 27.4. The van der Waals surface area contributed by atoms with E-state index in [-0.39, 0.29) is 29.8 Å². The predicted molar refractivity (Wildman–Crippen MR) is 141 cm³/mol. The average Bonchev–Trinajstić information content (AvgIpc) is 3.17. The summed E-state index contributed by atoms with van der Waals surface area (Å²) in [7, 11) is 3.01. The van der Waals surface area contributed by atoms with E-state index in [1.807, 2.05) is 13.8 Å². The third-order valence-electron chi connectivity index (χ3n) is 6.32. The number of aliphatic hydroxyl groups excluding tert-OH is 1. The van der Waals surface area contributed by atoms with E-state index >= 15 is 0 Å². The molecule has 1 amide bonds. The average molecular weight is 520 g/mol. The second kappa shape index (κ2) is 11.4. The summed E-state index contributed by atoms with van der Waals surface area (Å²) in [5.74, 6) is -0.637. The molecule has 4 rings (SSSR count). The SMILES string of the molecule is COc1ccc(C2/C(=C(/O)c3ccc(OC(C)C)cc3)C(=O)C(=O)N2CCc2ccc(F)cc2)cc1OC. The van der Waals surface area contributed by atoms with Crippen LogP contribution in [0.3, 0.4) is 0 Å². The summed E-state index contributed by atoms with van der Waals surface area (Å²) in [5, 5.41) is 11.3. The van der Waals surface area contributed by atoms with Gasteiger partial charge in [-0.25, -0.2) is 4.39 Å². The number of hydrogen-bond donors (Lipinski definition) is 1. The number of methoxy groups -OCH3 is 2. The van der Waals surface area contributed by atoms with E-state index in [1.165, 1.54) is 31.3 Å². The maximum atomic E-state index is 13.4. The third kappa shape index (κ3) is 5.49. The predicted octanol–water partition coefficient (Wildman–Crippen LogP) is 5.29. The van der Waals surface area contributed by atoms with Crippen molar-refractivity contribution in [1.82, 2.24) is 4.90 Å². The minimum Gasteiger partial charge on any atom is -0.507 e. The van der Waals surface area contributed by atoms with Gasteiger partial charge in [0.25, 0.3) is 11.7 Å². The summed E-state index contributed by atoms with van der Waals surface area (Å²) in [6.45, 7) is 3.99. The number of carbonyl (C=O) groups excluding carboxylic acids is 2. The van der Waals surface area contributed by atoms with Crippen LogP contribution in [0.5, 0.6) is 17.2 Å². The lowest BCUT2D eigenvalue weighted by Gasteiger charge is -2.26. The highest BCUT2D eigenvalue weighted by Gasteiger charge is 2.46. The van der Waals surface area contributed by atoms with E-state index in [2.05, 4.69) is 0 Å². The fraction of sp³-hybridized carbons (Fsp3) is 0.267. The van der Waals surface area contributed by atoms with Crippen LogP contribution in [0.15, 0.2) is 72.3 Å². The Labute approximate surface area is 221 Å². The highest BCUT2D eigenvalue weighted by molar-refractivity contribution is 6.46. The summed E-state index contributed by atoms with van der Waals surface area (Å²) >= 11 is 0. The van der Waals surface area contributed by atoms with Crippen molar-refractivity contribution in [3.05, 3.63) is 94.8 Å². The maximum absolute atomic E-state index is 13.4. The first-order valence-corrected chi connectivity index (χ1v) is 12.2. The molecule has 1 N–H and O–H groups in total. The number of aliphatic hydroxyl groups is 1. The van der Waals surface area contributed by atoms with Gasteiger partial charge < -0.3 is 24.2 Å². The number of rotatable bonds is 9. The van der Waals surface area contributed by atoms with Gasteiger partial charge in [0.05, 0.1) is 31.9 Å². The van der Waals surface area contributed by atoms with Crippen molar-refractivity contribution in [2.24, 2.45) is 0 Å². The molecule has 3 aromatic carbocycles. The van der Waals surface area contributed by atoms with Crippen molar-refractivity contribution < 1.29 is 33.3 Å². The van der Waals surface area contributed by atoms with Crippen molar-refractivity contribution in [2.75, 3.05) is 20.8 Å². The van der Waals surface area contributed by atoms with E-state index in [4.69, 9.17) is 14.2 Å². The van der Waals surface area contributed by atoms with E-state index in [9.17, 15) is 19.1 Å². The molecule has 3 aromatic rings. The van der Waals surface area contributed by atoms with Crippen LogP contribution in [0.2, 0.25) is 0 Å². The molecule has 1 unspecified atom stereocenters. The molecule has 0 saturated carbocycles. The number of Topliss-reactive ketones (excluding diaryl/α,β-unsaturated/α-hetero) is 1. The molecular weight excluding hydrogens is 489 g/mol. The number of likely N-dealkylation sites (tertiary alicyclic amines) is 1. The van der Waals surface area contributed by atoms with Crippen LogP contribution >= 0.6 is 0 Å². The highest BCUT2D eigenvalue weighted by Crippen LogP contribution is 2.42. The lowest BCUT2D eigenvalue weighted by molar-refractivity contribution is -0.139. The van der Waals surface area contributed by atoms with Gasteiger partial charge in [-0.2, -0.15) is 0 Å². The number of nitrogens with zero attached hydrogens (tertiary/aromatic N) is 1. The Balaban J connectivity index is 1.78. The zero-order valence-corrected chi connectivity index (χ0v) is 21.7. The van der Waals surface area contributed by atoms with Gasteiger partial charge in [0.15, 0.2) is 11.5 Å². The smallest absolute Gasteiger partial charge is 0.295 e. The molecule has 0 aromatic heterocycles. The molecule has 38 heavy (non-hydrogen) atoms. The van der Waals surface area contributed by atoms with Crippen LogP contribution in [0.1, 0.15) is 36.6 Å². The van der Waals surface area contributed by atoms with Gasteiger partial charge in [0, 0.05) is 12.1 Å². The number of ether oxygens (including phenoxy) is 3. The molecule has 0 aliphatic carbocycles. The Bertz CT molecular complexity index is 1350. The van der Waals surface area contributed by atoms with Gasteiger partial charge in [0.1, 0.15) is 17.3 Å². The number of benzene rings is 3. The fourth-order valence-electron chi connectivity index (χ4n) is 4.50. The van der Waals surface area contributed by atoms with Crippen LogP contribution in [0.4, 0.5) is 4.39 Å². The van der Waals surface area contributed by atoms with Crippen molar-refractivity contribution in [3.63, 3.8) is 0 Å². The summed E-state index contributed by atoms with van der Waals surface area (Å²) in [5.41, 5.74) is 1.73. The van der Waals surface area contributed by atoms with Gasteiger partial charge in [-0.1, -0.05) is 18.2 Å². The molecule has 1 aliphatic rings. The fourth-order valence-corrected chi connectivity index (χ4v) is 4.50. The Hall–Kier alpha value is -4.33. The van der Waals surface area contributed by atoms with Gasteiger partial charge in [0.2, 0.25) is 0 Å². The molecule has 0 spiro atoms. The van der Waals surface area contributed by atoms with E-state index in [1.54, 1.807) is 54.6 Å². The summed E-state index contributed by atoms with van der Waals surface area (Å²) in [6.07, 6.45) is 0.365. The Morgan fingerprint density at radius 2 is 1.61 bits per heavy atom. The minimum absolute atomic E-state index is 0.0223. The van der Waals surface area contributed by atoms with E-state index < -0.39 is 17.7 Å². The van der Waals surface area contributed by atoms with Crippen molar-refractivity contribution >= 4 is 17.4 Å². The van der Waals surface area contributed by atoms with Gasteiger partial charge in [-0.15, -0.1) is 0 Å². The highest BCUT2D eigenvalue weighted by atomic mass is 19.1. The largest absolute Gasteiger partial charge is 0.507 e. The summed E-state index contributed by atoms with van der Waals surface area (Å²) in [6, 6.07) is 16.9. The zero-order valence-electron chi connectivity index (χ0n) is 21.7. The number of halogens is 1. The van der Waals surface area contributed by atoms with Crippen LogP contribution in [-0.2, 0) is 16.0 Å². The quantitative estimate of drug-likeness (QED) is 0.235. The minimum atomic E-state index is -0.873. The molecule has 8 heteroatoms. The van der Waals surface area contributed by atoms with Crippen LogP contribution in [-0.4, -0.2) is 48.6 Å². The van der Waals surface area contributed by atoms with E-state index in [0.717, 1.165) is 5.56 Å². The summed E-state index contributed by atoms with van der Waals surface area (Å²) in [4.78, 5) is 28.0. The Kier molecular flexibility index (Phi) is 8.00. The molecular formula is C30H30FNO6. The number of amides is 1. The number of ketones is 1. The second-order valence-corrected chi connectivity index (χ2v) is 9.17. The molecule has 198 valence electrons. The molecule has 1 fully saturated rings. The van der Waals surface area contributed by atoms with Gasteiger partial charge >= 0.3 is 0 Å². The van der Waals surface area contributed by atoms with Crippen molar-refractivity contribution in [3.8, 4) is 17.2 Å². The first-order chi connectivity index (χ1) is 18.2. The van der Waals surface area contributed by atoms with Crippen molar-refractivity contribution in [1.29, 1.82) is 0 Å². The topological polar surface area (TPSA) is 85.3 Å². The first kappa shape index (κ1) is 26.7. The lowest BCUT2D eigenvalue weighted by Crippen LogP contribution is -2.31.